The number of hydrogen-bond donors (Lipinski definition) is 0. The van der Waals surface area contributed by atoms with Gasteiger partial charge in [-0.1, -0.05) is 26.0 Å². The molecule has 1 aromatic carbocycles. The number of hydrogen-bond acceptors (Lipinski definition) is 2. The minimum Gasteiger partial charge on any atom is -0.479 e. The van der Waals surface area contributed by atoms with Crippen LogP contribution in [0, 0.1) is 11.3 Å². The van der Waals surface area contributed by atoms with Gasteiger partial charge >= 0.3 is 0 Å². The van der Waals surface area contributed by atoms with Gasteiger partial charge in [-0.2, -0.15) is 5.26 Å². The molecule has 1 unspecified atom stereocenters. The van der Waals surface area contributed by atoms with E-state index in [9.17, 15) is 0 Å². The first kappa shape index (κ1) is 10.6. The molecule has 1 atom stereocenters. The van der Waals surface area contributed by atoms with Gasteiger partial charge in [-0.05, 0) is 30.0 Å². The van der Waals surface area contributed by atoms with Gasteiger partial charge in [-0.15, -0.1) is 0 Å². The third-order valence-electron chi connectivity index (χ3n) is 2.36. The van der Waals surface area contributed by atoms with Gasteiger partial charge in [-0.3, -0.25) is 0 Å². The average molecular weight is 189 g/mol. The molecule has 0 spiro atoms. The first-order valence-electron chi connectivity index (χ1n) is 4.87. The number of rotatable bonds is 4. The summed E-state index contributed by atoms with van der Waals surface area (Å²) >= 11 is 0. The van der Waals surface area contributed by atoms with E-state index < -0.39 is 0 Å². The topological polar surface area (TPSA) is 33.0 Å². The normalized spacial score (nSPS) is 11.8. The molecule has 1 rings (SSSR count). The van der Waals surface area contributed by atoms with Crippen molar-refractivity contribution in [3.05, 3.63) is 29.8 Å². The summed E-state index contributed by atoms with van der Waals surface area (Å²) in [6.07, 6.45) is 1.14. The van der Waals surface area contributed by atoms with Gasteiger partial charge in [0, 0.05) is 0 Å². The Morgan fingerprint density at radius 3 is 2.50 bits per heavy atom. The number of ether oxygens (including phenoxy) is 1. The summed E-state index contributed by atoms with van der Waals surface area (Å²) in [7, 11) is 0. The van der Waals surface area contributed by atoms with Crippen LogP contribution in [0.25, 0.3) is 0 Å². The summed E-state index contributed by atoms with van der Waals surface area (Å²) in [6, 6.07) is 9.89. The molecule has 0 saturated carbocycles. The van der Waals surface area contributed by atoms with Crippen LogP contribution in [0.2, 0.25) is 0 Å². The predicted octanol–water partition coefficient (Wildman–Crippen LogP) is 3.10. The lowest BCUT2D eigenvalue weighted by atomic mass is 9.99. The third-order valence-corrected chi connectivity index (χ3v) is 2.36. The lowest BCUT2D eigenvalue weighted by Crippen LogP contribution is -1.95. The van der Waals surface area contributed by atoms with Crippen LogP contribution in [0.3, 0.4) is 0 Å². The molecule has 0 fully saturated rings. The van der Waals surface area contributed by atoms with E-state index in [-0.39, 0.29) is 6.61 Å². The van der Waals surface area contributed by atoms with Crippen molar-refractivity contribution in [2.75, 3.05) is 6.61 Å². The highest BCUT2D eigenvalue weighted by molar-refractivity contribution is 5.29. The Morgan fingerprint density at radius 1 is 1.36 bits per heavy atom. The van der Waals surface area contributed by atoms with Crippen LogP contribution in [-0.4, -0.2) is 6.61 Å². The summed E-state index contributed by atoms with van der Waals surface area (Å²) in [6.45, 7) is 4.48. The number of benzene rings is 1. The van der Waals surface area contributed by atoms with Gasteiger partial charge in [0.25, 0.3) is 0 Å². The molecule has 0 saturated heterocycles. The van der Waals surface area contributed by atoms with Crippen LogP contribution in [-0.2, 0) is 0 Å². The van der Waals surface area contributed by atoms with Crippen molar-refractivity contribution in [3.63, 3.8) is 0 Å². The summed E-state index contributed by atoms with van der Waals surface area (Å²) < 4.78 is 5.16. The zero-order valence-corrected chi connectivity index (χ0v) is 8.66. The van der Waals surface area contributed by atoms with E-state index in [0.717, 1.165) is 12.2 Å². The second-order valence-corrected chi connectivity index (χ2v) is 3.33. The molecule has 2 heteroatoms. The summed E-state index contributed by atoms with van der Waals surface area (Å²) in [4.78, 5) is 0. The maximum Gasteiger partial charge on any atom is 0.174 e. The second-order valence-electron chi connectivity index (χ2n) is 3.33. The highest BCUT2D eigenvalue weighted by atomic mass is 16.5. The maximum atomic E-state index is 8.33. The average Bonchev–Trinajstić information content (AvgIpc) is 2.26. The van der Waals surface area contributed by atoms with Crippen LogP contribution in [0.1, 0.15) is 31.7 Å². The lowest BCUT2D eigenvalue weighted by Gasteiger charge is -2.09. The Hall–Kier alpha value is -1.49. The van der Waals surface area contributed by atoms with Gasteiger partial charge in [-0.25, -0.2) is 0 Å². The molecule has 0 aliphatic heterocycles. The molecular formula is C12H15NO. The van der Waals surface area contributed by atoms with E-state index >= 15 is 0 Å². The standard InChI is InChI=1S/C12H15NO/c1-3-10(2)11-4-6-12(7-5-11)14-9-8-13/h4-7,10H,3,9H2,1-2H3. The van der Waals surface area contributed by atoms with Gasteiger partial charge in [0.2, 0.25) is 0 Å². The Kier molecular flexibility index (Phi) is 4.00. The highest BCUT2D eigenvalue weighted by Crippen LogP contribution is 2.21. The van der Waals surface area contributed by atoms with E-state index in [1.54, 1.807) is 0 Å². The van der Waals surface area contributed by atoms with E-state index in [2.05, 4.69) is 26.0 Å². The van der Waals surface area contributed by atoms with Crippen molar-refractivity contribution in [2.24, 2.45) is 0 Å². The summed E-state index contributed by atoms with van der Waals surface area (Å²) in [5, 5.41) is 8.33. The van der Waals surface area contributed by atoms with E-state index in [1.807, 2.05) is 18.2 Å². The first-order chi connectivity index (χ1) is 6.77. The Bertz CT molecular complexity index is 310. The van der Waals surface area contributed by atoms with Gasteiger partial charge in [0.1, 0.15) is 11.8 Å². The predicted molar refractivity (Wildman–Crippen MR) is 56.3 cm³/mol. The summed E-state index contributed by atoms with van der Waals surface area (Å²) in [5.41, 5.74) is 1.32. The third kappa shape index (κ3) is 2.77. The fourth-order valence-electron chi connectivity index (χ4n) is 1.24. The molecule has 0 bridgehead atoms. The molecule has 14 heavy (non-hydrogen) atoms. The SMILES string of the molecule is CCC(C)c1ccc(OCC#N)cc1. The van der Waals surface area contributed by atoms with Gasteiger partial charge < -0.3 is 4.74 Å². The molecule has 0 heterocycles. The molecule has 74 valence electrons. The highest BCUT2D eigenvalue weighted by Gasteiger charge is 2.02. The largest absolute Gasteiger partial charge is 0.479 e. The van der Waals surface area contributed by atoms with E-state index in [4.69, 9.17) is 10.00 Å². The summed E-state index contributed by atoms with van der Waals surface area (Å²) in [5.74, 6) is 1.35. The molecule has 2 nitrogen and oxygen atoms in total. The maximum absolute atomic E-state index is 8.33. The second kappa shape index (κ2) is 5.29. The minimum absolute atomic E-state index is 0.114. The van der Waals surface area contributed by atoms with Crippen LogP contribution in [0.15, 0.2) is 24.3 Å². The first-order valence-corrected chi connectivity index (χ1v) is 4.87. The fraction of sp³-hybridized carbons (Fsp3) is 0.417. The van der Waals surface area contributed by atoms with Crippen molar-refractivity contribution >= 4 is 0 Å². The van der Waals surface area contributed by atoms with Crippen LogP contribution < -0.4 is 4.74 Å². The van der Waals surface area contributed by atoms with Crippen molar-refractivity contribution in [3.8, 4) is 11.8 Å². The minimum atomic E-state index is 0.114. The number of nitriles is 1. The number of nitrogens with zero attached hydrogens (tertiary/aromatic N) is 1. The molecule has 0 amide bonds. The molecule has 0 aliphatic carbocycles. The monoisotopic (exact) mass is 189 g/mol. The van der Waals surface area contributed by atoms with Crippen molar-refractivity contribution in [1.29, 1.82) is 5.26 Å². The van der Waals surface area contributed by atoms with Gasteiger partial charge in [0.15, 0.2) is 6.61 Å². The molecule has 0 N–H and O–H groups in total. The zero-order valence-electron chi connectivity index (χ0n) is 8.66. The van der Waals surface area contributed by atoms with E-state index in [0.29, 0.717) is 5.92 Å². The molecule has 0 aliphatic rings. The van der Waals surface area contributed by atoms with Crippen molar-refractivity contribution in [2.45, 2.75) is 26.2 Å². The van der Waals surface area contributed by atoms with Crippen molar-refractivity contribution in [1.82, 2.24) is 0 Å². The molecule has 1 aromatic rings. The van der Waals surface area contributed by atoms with E-state index in [1.165, 1.54) is 5.56 Å². The Labute approximate surface area is 85.1 Å². The quantitative estimate of drug-likeness (QED) is 0.729. The van der Waals surface area contributed by atoms with Crippen LogP contribution >= 0.6 is 0 Å². The Morgan fingerprint density at radius 2 is 2.00 bits per heavy atom. The van der Waals surface area contributed by atoms with Crippen molar-refractivity contribution < 1.29 is 4.74 Å². The lowest BCUT2D eigenvalue weighted by molar-refractivity contribution is 0.368. The molecule has 0 aromatic heterocycles. The van der Waals surface area contributed by atoms with Crippen LogP contribution in [0.5, 0.6) is 5.75 Å². The molecular weight excluding hydrogens is 174 g/mol. The zero-order chi connectivity index (χ0) is 10.4. The van der Waals surface area contributed by atoms with Crippen LogP contribution in [0.4, 0.5) is 0 Å². The van der Waals surface area contributed by atoms with Gasteiger partial charge in [0.05, 0.1) is 0 Å². The molecule has 0 radical (unpaired) electrons. The smallest absolute Gasteiger partial charge is 0.174 e. The Balaban J connectivity index is 2.64. The fourth-order valence-corrected chi connectivity index (χ4v) is 1.24.